The molecule has 2 aliphatic heterocycles. The van der Waals surface area contributed by atoms with Crippen molar-refractivity contribution in [1.29, 1.82) is 0 Å². The number of halogens is 1. The minimum atomic E-state index is -0.864. The van der Waals surface area contributed by atoms with E-state index in [1.165, 1.54) is 17.3 Å². The van der Waals surface area contributed by atoms with Gasteiger partial charge in [0.2, 0.25) is 4.99 Å². The fourth-order valence-electron chi connectivity index (χ4n) is 4.05. The highest BCUT2D eigenvalue weighted by molar-refractivity contribution is 9.10. The van der Waals surface area contributed by atoms with Crippen LogP contribution in [0.15, 0.2) is 106 Å². The van der Waals surface area contributed by atoms with Gasteiger partial charge in [0.25, 0.3) is 0 Å². The van der Waals surface area contributed by atoms with Gasteiger partial charge in [-0.2, -0.15) is 10.2 Å². The van der Waals surface area contributed by atoms with Gasteiger partial charge in [-0.25, -0.2) is 10.0 Å². The molecule has 0 aliphatic carbocycles. The van der Waals surface area contributed by atoms with E-state index in [4.69, 9.17) is 10.2 Å². The Morgan fingerprint density at radius 2 is 1.51 bits per heavy atom. The number of hydrazone groups is 2. The maximum Gasteiger partial charge on any atom is 0.227 e. The molecule has 3 aromatic carbocycles. The van der Waals surface area contributed by atoms with Gasteiger partial charge in [0, 0.05) is 17.0 Å². The number of thioether (sulfide) groups is 1. The second kappa shape index (κ2) is 9.47. The third-order valence-corrected chi connectivity index (χ3v) is 7.83. The maximum absolute atomic E-state index is 12.5. The van der Waals surface area contributed by atoms with Crippen LogP contribution in [-0.2, 0) is 4.79 Å². The molecule has 0 fully saturated rings. The molecule has 5 rings (SSSR count). The molecule has 0 amide bonds. The first-order chi connectivity index (χ1) is 16.9. The fraction of sp³-hybridized carbons (Fsp3) is 0.179. The van der Waals surface area contributed by atoms with Crippen LogP contribution in [0.1, 0.15) is 37.8 Å². The normalized spacial score (nSPS) is 19.3. The fourth-order valence-corrected chi connectivity index (χ4v) is 5.47. The molecular weight excluding hydrogens is 520 g/mol. The predicted octanol–water partition coefficient (Wildman–Crippen LogP) is 7.16. The van der Waals surface area contributed by atoms with E-state index in [1.54, 1.807) is 6.92 Å². The number of carbonyl (C=O) groups excluding carboxylic acids is 1. The van der Waals surface area contributed by atoms with Crippen molar-refractivity contribution in [3.05, 3.63) is 107 Å². The summed E-state index contributed by atoms with van der Waals surface area (Å²) in [6.45, 7) is 5.93. The minimum Gasteiger partial charge on any atom is -0.292 e. The molecule has 0 unspecified atom stereocenters. The van der Waals surface area contributed by atoms with Crippen LogP contribution in [0.5, 0.6) is 0 Å². The van der Waals surface area contributed by atoms with Crippen LogP contribution in [0.25, 0.3) is 0 Å². The van der Waals surface area contributed by atoms with Gasteiger partial charge in [0.05, 0.1) is 17.1 Å². The lowest BCUT2D eigenvalue weighted by Gasteiger charge is -2.43. The number of nitrogens with zero attached hydrogens (tertiary/aromatic N) is 4. The number of rotatable bonds is 5. The first-order valence-corrected chi connectivity index (χ1v) is 13.1. The molecule has 0 saturated heterocycles. The van der Waals surface area contributed by atoms with E-state index in [0.29, 0.717) is 11.0 Å². The second-order valence-electron chi connectivity index (χ2n) is 8.75. The summed E-state index contributed by atoms with van der Waals surface area (Å²) in [5, 5.41) is 14.2. The smallest absolute Gasteiger partial charge is 0.227 e. The molecule has 0 saturated carbocycles. The summed E-state index contributed by atoms with van der Waals surface area (Å²) in [5.41, 5.74) is 4.94. The molecule has 2 heterocycles. The van der Waals surface area contributed by atoms with Gasteiger partial charge in [0.1, 0.15) is 0 Å². The SMILES string of the molecule is CC(=O)C1=NN(c2ccc(Br)cc2)[C@@]2(C=CC(c3ccc(C(C)C)cc3)=NN2c2ccccc2)S1. The van der Waals surface area contributed by atoms with Crippen molar-refractivity contribution >= 4 is 55.6 Å². The number of anilines is 2. The zero-order valence-corrected chi connectivity index (χ0v) is 22.1. The molecule has 0 bridgehead atoms. The summed E-state index contributed by atoms with van der Waals surface area (Å²) >= 11 is 4.92. The lowest BCUT2D eigenvalue weighted by Crippen LogP contribution is -2.53. The Hall–Kier alpha value is -3.16. The molecule has 1 spiro atoms. The molecule has 2 aliphatic rings. The highest BCUT2D eigenvalue weighted by Crippen LogP contribution is 2.48. The van der Waals surface area contributed by atoms with E-state index in [-0.39, 0.29) is 5.78 Å². The third kappa shape index (κ3) is 4.46. The first kappa shape index (κ1) is 23.6. The van der Waals surface area contributed by atoms with E-state index in [1.807, 2.05) is 70.7 Å². The second-order valence-corrected chi connectivity index (χ2v) is 10.9. The number of para-hydroxylation sites is 1. The first-order valence-electron chi connectivity index (χ1n) is 11.5. The van der Waals surface area contributed by atoms with Gasteiger partial charge in [-0.3, -0.25) is 4.79 Å². The topological polar surface area (TPSA) is 48.3 Å². The Labute approximate surface area is 218 Å². The van der Waals surface area contributed by atoms with Gasteiger partial charge < -0.3 is 0 Å². The maximum atomic E-state index is 12.5. The summed E-state index contributed by atoms with van der Waals surface area (Å²) in [5.74, 6) is 0.392. The number of Topliss-reactive ketones (excluding diaryl/α,β-unsaturated/α-hetero) is 1. The standard InChI is InChI=1S/C28H25BrN4OS/c1-19(2)21-9-11-22(12-10-21)26-17-18-28(32(30-26)24-7-5-4-6-8-24)33(31-27(35-28)20(3)34)25-15-13-23(29)14-16-25/h4-19H,1-3H3/t28-/m0/s1. The number of allylic oxidation sites excluding steroid dienone is 1. The number of benzene rings is 3. The van der Waals surface area contributed by atoms with Crippen LogP contribution in [0.2, 0.25) is 0 Å². The Balaban J connectivity index is 1.63. The number of hydrogen-bond donors (Lipinski definition) is 0. The Morgan fingerprint density at radius 1 is 0.886 bits per heavy atom. The van der Waals surface area contributed by atoms with Crippen molar-refractivity contribution in [1.82, 2.24) is 0 Å². The van der Waals surface area contributed by atoms with Crippen molar-refractivity contribution in [2.24, 2.45) is 10.2 Å². The van der Waals surface area contributed by atoms with Crippen LogP contribution in [0.4, 0.5) is 11.4 Å². The molecule has 35 heavy (non-hydrogen) atoms. The van der Waals surface area contributed by atoms with Crippen molar-refractivity contribution in [3.8, 4) is 0 Å². The van der Waals surface area contributed by atoms with Crippen molar-refractivity contribution in [3.63, 3.8) is 0 Å². The summed E-state index contributed by atoms with van der Waals surface area (Å²) < 4.78 is 0.974. The quantitative estimate of drug-likeness (QED) is 0.341. The van der Waals surface area contributed by atoms with Gasteiger partial charge in [0.15, 0.2) is 10.8 Å². The van der Waals surface area contributed by atoms with E-state index in [2.05, 4.69) is 60.1 Å². The highest BCUT2D eigenvalue weighted by Gasteiger charge is 2.50. The predicted molar refractivity (Wildman–Crippen MR) is 150 cm³/mol. The average molecular weight is 546 g/mol. The molecule has 3 aromatic rings. The Morgan fingerprint density at radius 3 is 2.14 bits per heavy atom. The molecule has 5 nitrogen and oxygen atoms in total. The zero-order chi connectivity index (χ0) is 24.6. The molecular formula is C28H25BrN4OS. The number of ketones is 1. The summed E-state index contributed by atoms with van der Waals surface area (Å²) in [4.78, 5) is 11.6. The van der Waals surface area contributed by atoms with E-state index >= 15 is 0 Å². The van der Waals surface area contributed by atoms with Gasteiger partial charge >= 0.3 is 0 Å². The lowest BCUT2D eigenvalue weighted by molar-refractivity contribution is -0.110. The average Bonchev–Trinajstić information content (AvgIpc) is 3.25. The monoisotopic (exact) mass is 544 g/mol. The van der Waals surface area contributed by atoms with E-state index < -0.39 is 4.99 Å². The van der Waals surface area contributed by atoms with Gasteiger partial charge in [-0.05, 0) is 71.8 Å². The number of hydrogen-bond acceptors (Lipinski definition) is 6. The van der Waals surface area contributed by atoms with Gasteiger partial charge in [-0.15, -0.1) is 0 Å². The zero-order valence-electron chi connectivity index (χ0n) is 19.7. The van der Waals surface area contributed by atoms with E-state index in [0.717, 1.165) is 27.1 Å². The molecule has 0 radical (unpaired) electrons. The number of carbonyl (C=O) groups is 1. The molecule has 0 N–H and O–H groups in total. The van der Waals surface area contributed by atoms with Crippen LogP contribution in [0.3, 0.4) is 0 Å². The van der Waals surface area contributed by atoms with E-state index in [9.17, 15) is 4.79 Å². The summed E-state index contributed by atoms with van der Waals surface area (Å²) in [6.07, 6.45) is 4.12. The van der Waals surface area contributed by atoms with Crippen LogP contribution < -0.4 is 10.0 Å². The summed E-state index contributed by atoms with van der Waals surface area (Å²) in [6, 6.07) is 26.5. The third-order valence-electron chi connectivity index (χ3n) is 5.96. The Kier molecular flexibility index (Phi) is 6.38. The molecule has 0 aromatic heterocycles. The van der Waals surface area contributed by atoms with Crippen molar-refractivity contribution < 1.29 is 4.79 Å². The van der Waals surface area contributed by atoms with Crippen LogP contribution in [-0.4, -0.2) is 21.5 Å². The van der Waals surface area contributed by atoms with Gasteiger partial charge in [-0.1, -0.05) is 72.2 Å². The van der Waals surface area contributed by atoms with Crippen LogP contribution in [0, 0.1) is 0 Å². The molecule has 1 atom stereocenters. The lowest BCUT2D eigenvalue weighted by atomic mass is 10.00. The van der Waals surface area contributed by atoms with Crippen molar-refractivity contribution in [2.75, 3.05) is 10.0 Å². The molecule has 176 valence electrons. The molecule has 7 heteroatoms. The summed E-state index contributed by atoms with van der Waals surface area (Å²) in [7, 11) is 0. The minimum absolute atomic E-state index is 0.0746. The van der Waals surface area contributed by atoms with Crippen molar-refractivity contribution in [2.45, 2.75) is 31.7 Å². The highest BCUT2D eigenvalue weighted by atomic mass is 79.9. The van der Waals surface area contributed by atoms with Crippen LogP contribution >= 0.6 is 27.7 Å². The largest absolute Gasteiger partial charge is 0.292 e. The Bertz CT molecular complexity index is 1330.